The maximum atomic E-state index is 5.57. The Labute approximate surface area is 106 Å². The van der Waals surface area contributed by atoms with Crippen molar-refractivity contribution in [3.63, 3.8) is 0 Å². The van der Waals surface area contributed by atoms with Gasteiger partial charge in [0.1, 0.15) is 17.4 Å². The average Bonchev–Trinajstić information content (AvgIpc) is 2.39. The van der Waals surface area contributed by atoms with Crippen molar-refractivity contribution in [1.29, 1.82) is 0 Å². The molecule has 0 atom stereocenters. The summed E-state index contributed by atoms with van der Waals surface area (Å²) in [5.74, 6) is 2.70. The number of benzene rings is 1. The minimum absolute atomic E-state index is 0.307. The summed E-state index contributed by atoms with van der Waals surface area (Å²) in [5, 5.41) is 0. The van der Waals surface area contributed by atoms with Gasteiger partial charge in [0.25, 0.3) is 0 Å². The van der Waals surface area contributed by atoms with E-state index < -0.39 is 0 Å². The van der Waals surface area contributed by atoms with E-state index >= 15 is 0 Å². The van der Waals surface area contributed by atoms with Crippen LogP contribution in [-0.4, -0.2) is 21.6 Å². The Morgan fingerprint density at radius 1 is 1.22 bits per heavy atom. The Bertz CT molecular complexity index is 542. The predicted molar refractivity (Wildman–Crippen MR) is 69.1 cm³/mol. The number of rotatable bonds is 4. The van der Waals surface area contributed by atoms with Gasteiger partial charge in [0, 0.05) is 5.56 Å². The van der Waals surface area contributed by atoms with Crippen molar-refractivity contribution in [1.82, 2.24) is 15.0 Å². The van der Waals surface area contributed by atoms with Crippen molar-refractivity contribution in [2.45, 2.75) is 20.4 Å². The molecule has 0 aliphatic carbocycles. The Kier molecular flexibility index (Phi) is 3.84. The zero-order valence-corrected chi connectivity index (χ0v) is 10.6. The topological polar surface area (TPSA) is 73.9 Å². The fraction of sp³-hybridized carbons (Fsp3) is 0.308. The number of hydrogen-bond acceptors (Lipinski definition) is 5. The zero-order chi connectivity index (χ0) is 13.0. The molecular formula is C13H16N4O. The van der Waals surface area contributed by atoms with Gasteiger partial charge in [-0.3, -0.25) is 0 Å². The third-order valence-electron chi connectivity index (χ3n) is 2.38. The number of aromatic nitrogens is 3. The summed E-state index contributed by atoms with van der Waals surface area (Å²) in [6, 6.07) is 7.68. The smallest absolute Gasteiger partial charge is 0.163 e. The van der Waals surface area contributed by atoms with E-state index in [1.165, 1.54) is 0 Å². The van der Waals surface area contributed by atoms with Crippen LogP contribution >= 0.6 is 0 Å². The van der Waals surface area contributed by atoms with Gasteiger partial charge in [-0.2, -0.15) is 0 Å². The Morgan fingerprint density at radius 3 is 2.78 bits per heavy atom. The molecule has 0 unspecified atom stereocenters. The first-order valence-corrected chi connectivity index (χ1v) is 5.87. The second-order valence-electron chi connectivity index (χ2n) is 3.79. The van der Waals surface area contributed by atoms with E-state index in [2.05, 4.69) is 15.0 Å². The van der Waals surface area contributed by atoms with Crippen molar-refractivity contribution in [2.75, 3.05) is 6.61 Å². The van der Waals surface area contributed by atoms with Gasteiger partial charge in [0.2, 0.25) is 0 Å². The maximum absolute atomic E-state index is 5.57. The molecule has 0 fully saturated rings. The van der Waals surface area contributed by atoms with Gasteiger partial charge < -0.3 is 10.5 Å². The van der Waals surface area contributed by atoms with E-state index in [9.17, 15) is 0 Å². The second-order valence-corrected chi connectivity index (χ2v) is 3.79. The third-order valence-corrected chi connectivity index (χ3v) is 2.38. The third kappa shape index (κ3) is 2.81. The summed E-state index contributed by atoms with van der Waals surface area (Å²) in [5.41, 5.74) is 6.47. The molecule has 5 nitrogen and oxygen atoms in total. The lowest BCUT2D eigenvalue weighted by atomic mass is 10.2. The Hall–Kier alpha value is -2.01. The quantitative estimate of drug-likeness (QED) is 0.886. The summed E-state index contributed by atoms with van der Waals surface area (Å²) >= 11 is 0. The minimum atomic E-state index is 0.307. The lowest BCUT2D eigenvalue weighted by molar-refractivity contribution is 0.340. The molecule has 2 aromatic rings. The van der Waals surface area contributed by atoms with E-state index in [1.54, 1.807) is 0 Å². The highest BCUT2D eigenvalue weighted by molar-refractivity contribution is 5.57. The van der Waals surface area contributed by atoms with Crippen LogP contribution in [-0.2, 0) is 6.54 Å². The number of hydrogen-bond donors (Lipinski definition) is 1. The van der Waals surface area contributed by atoms with Gasteiger partial charge in [-0.25, -0.2) is 15.0 Å². The van der Waals surface area contributed by atoms with Crippen LogP contribution in [0.5, 0.6) is 5.75 Å². The molecule has 1 aromatic carbocycles. The van der Waals surface area contributed by atoms with Crippen LogP contribution in [0.25, 0.3) is 11.4 Å². The Morgan fingerprint density at radius 2 is 2.06 bits per heavy atom. The first kappa shape index (κ1) is 12.4. The lowest BCUT2D eigenvalue weighted by Crippen LogP contribution is -2.07. The van der Waals surface area contributed by atoms with Crippen molar-refractivity contribution in [3.05, 3.63) is 35.9 Å². The highest BCUT2D eigenvalue weighted by Crippen LogP contribution is 2.21. The number of nitrogens with zero attached hydrogens (tertiary/aromatic N) is 3. The van der Waals surface area contributed by atoms with Crippen LogP contribution in [0.4, 0.5) is 0 Å². The molecule has 94 valence electrons. The maximum Gasteiger partial charge on any atom is 0.163 e. The highest BCUT2D eigenvalue weighted by atomic mass is 16.5. The van der Waals surface area contributed by atoms with Crippen LogP contribution in [0, 0.1) is 6.92 Å². The highest BCUT2D eigenvalue weighted by Gasteiger charge is 2.06. The number of ether oxygens (including phenoxy) is 1. The molecule has 0 bridgehead atoms. The molecule has 0 saturated carbocycles. The zero-order valence-electron chi connectivity index (χ0n) is 10.6. The van der Waals surface area contributed by atoms with Gasteiger partial charge in [-0.05, 0) is 26.0 Å². The molecule has 2 rings (SSSR count). The summed E-state index contributed by atoms with van der Waals surface area (Å²) in [6.45, 7) is 4.72. The van der Waals surface area contributed by atoms with E-state index in [0.717, 1.165) is 11.3 Å². The first-order valence-electron chi connectivity index (χ1n) is 5.87. The average molecular weight is 244 g/mol. The molecule has 1 aromatic heterocycles. The summed E-state index contributed by atoms with van der Waals surface area (Å²) in [4.78, 5) is 12.8. The van der Waals surface area contributed by atoms with Crippen LogP contribution in [0.2, 0.25) is 0 Å². The molecule has 1 heterocycles. The summed E-state index contributed by atoms with van der Waals surface area (Å²) < 4.78 is 5.46. The fourth-order valence-corrected chi connectivity index (χ4v) is 1.65. The van der Waals surface area contributed by atoms with Gasteiger partial charge in [-0.15, -0.1) is 0 Å². The molecule has 0 aliphatic heterocycles. The largest absolute Gasteiger partial charge is 0.494 e. The molecule has 0 spiro atoms. The van der Waals surface area contributed by atoms with Crippen LogP contribution in [0.15, 0.2) is 24.3 Å². The minimum Gasteiger partial charge on any atom is -0.494 e. The van der Waals surface area contributed by atoms with Crippen molar-refractivity contribution >= 4 is 0 Å². The van der Waals surface area contributed by atoms with Gasteiger partial charge in [0.05, 0.1) is 13.2 Å². The van der Waals surface area contributed by atoms with Crippen molar-refractivity contribution < 1.29 is 4.74 Å². The summed E-state index contributed by atoms with van der Waals surface area (Å²) in [7, 11) is 0. The molecule has 0 amide bonds. The molecular weight excluding hydrogens is 228 g/mol. The molecule has 5 heteroatoms. The van der Waals surface area contributed by atoms with Crippen molar-refractivity contribution in [2.24, 2.45) is 5.73 Å². The predicted octanol–water partition coefficient (Wildman–Crippen LogP) is 1.70. The SMILES string of the molecule is CCOc1cccc(-c2nc(C)nc(CN)n2)c1. The Balaban J connectivity index is 2.41. The number of aryl methyl sites for hydroxylation is 1. The normalized spacial score (nSPS) is 10.4. The van der Waals surface area contributed by atoms with Crippen LogP contribution in [0.3, 0.4) is 0 Å². The van der Waals surface area contributed by atoms with E-state index in [4.69, 9.17) is 10.5 Å². The van der Waals surface area contributed by atoms with Crippen molar-refractivity contribution in [3.8, 4) is 17.1 Å². The fourth-order valence-electron chi connectivity index (χ4n) is 1.65. The lowest BCUT2D eigenvalue weighted by Gasteiger charge is -2.06. The first-order chi connectivity index (χ1) is 8.72. The standard InChI is InChI=1S/C13H16N4O/c1-3-18-11-6-4-5-10(7-11)13-16-9(2)15-12(8-14)17-13/h4-7H,3,8,14H2,1-2H3. The van der Waals surface area contributed by atoms with Crippen LogP contribution < -0.4 is 10.5 Å². The van der Waals surface area contributed by atoms with Gasteiger partial charge in [0.15, 0.2) is 5.82 Å². The van der Waals surface area contributed by atoms with E-state index in [1.807, 2.05) is 38.1 Å². The monoisotopic (exact) mass is 244 g/mol. The molecule has 0 saturated heterocycles. The van der Waals surface area contributed by atoms with E-state index in [-0.39, 0.29) is 0 Å². The number of nitrogens with two attached hydrogens (primary N) is 1. The molecule has 0 radical (unpaired) electrons. The second kappa shape index (κ2) is 5.55. The molecule has 0 aliphatic rings. The van der Waals surface area contributed by atoms with Gasteiger partial charge in [-0.1, -0.05) is 12.1 Å². The molecule has 2 N–H and O–H groups in total. The molecule has 18 heavy (non-hydrogen) atoms. The van der Waals surface area contributed by atoms with E-state index in [0.29, 0.717) is 30.6 Å². The van der Waals surface area contributed by atoms with Gasteiger partial charge >= 0.3 is 0 Å². The van der Waals surface area contributed by atoms with Crippen LogP contribution in [0.1, 0.15) is 18.6 Å². The summed E-state index contributed by atoms with van der Waals surface area (Å²) in [6.07, 6.45) is 0.